The zero-order chi connectivity index (χ0) is 21.0. The number of benzene rings is 2. The molecule has 1 heterocycles. The molecule has 0 saturated carbocycles. The molecule has 1 aromatic heterocycles. The molecule has 7 nitrogen and oxygen atoms in total. The van der Waals surface area contributed by atoms with Crippen LogP contribution in [-0.4, -0.2) is 24.5 Å². The molecule has 0 fully saturated rings. The number of hydrogen-bond donors (Lipinski definition) is 1. The minimum absolute atomic E-state index is 0.0792. The first-order valence-electron chi connectivity index (χ1n) is 9.21. The normalized spacial score (nSPS) is 11.4. The number of hydrogen-bond acceptors (Lipinski definition) is 6. The predicted molar refractivity (Wildman–Crippen MR) is 109 cm³/mol. The Morgan fingerprint density at radius 1 is 1.07 bits per heavy atom. The third kappa shape index (κ3) is 5.29. The fraction of sp³-hybridized carbons (Fsp3) is 0.286. The second-order valence-corrected chi connectivity index (χ2v) is 8.96. The molecule has 0 saturated heterocycles. The van der Waals surface area contributed by atoms with Gasteiger partial charge in [-0.1, -0.05) is 35.0 Å². The van der Waals surface area contributed by atoms with Crippen LogP contribution in [0.2, 0.25) is 0 Å². The molecule has 0 aliphatic heterocycles. The van der Waals surface area contributed by atoms with E-state index in [4.69, 9.17) is 4.52 Å². The number of nitrogens with zero attached hydrogens (tertiary/aromatic N) is 2. The van der Waals surface area contributed by atoms with Crippen LogP contribution in [0.15, 0.2) is 51.9 Å². The largest absolute Gasteiger partial charge is 0.339 e. The van der Waals surface area contributed by atoms with Crippen molar-refractivity contribution < 1.29 is 17.7 Å². The second-order valence-electron chi connectivity index (χ2n) is 6.97. The third-order valence-electron chi connectivity index (χ3n) is 4.65. The number of carbonyl (C=O) groups is 1. The summed E-state index contributed by atoms with van der Waals surface area (Å²) in [6.45, 7) is 5.82. The van der Waals surface area contributed by atoms with E-state index >= 15 is 0 Å². The summed E-state index contributed by atoms with van der Waals surface area (Å²) >= 11 is 0. The van der Waals surface area contributed by atoms with E-state index in [1.807, 2.05) is 39.0 Å². The van der Waals surface area contributed by atoms with Crippen molar-refractivity contribution in [2.45, 2.75) is 44.3 Å². The number of carbonyl (C=O) groups excluding carboxylic acids is 1. The van der Waals surface area contributed by atoms with Crippen LogP contribution in [0.1, 0.15) is 34.8 Å². The van der Waals surface area contributed by atoms with Crippen LogP contribution < -0.4 is 5.32 Å². The Balaban J connectivity index is 1.58. The molecular formula is C21H23N3O4S. The van der Waals surface area contributed by atoms with Crippen molar-refractivity contribution in [1.29, 1.82) is 0 Å². The van der Waals surface area contributed by atoms with Crippen LogP contribution in [-0.2, 0) is 26.8 Å². The fourth-order valence-electron chi connectivity index (χ4n) is 2.77. The van der Waals surface area contributed by atoms with Gasteiger partial charge in [-0.05, 0) is 50.1 Å². The molecule has 29 heavy (non-hydrogen) atoms. The molecule has 0 spiro atoms. The lowest BCUT2D eigenvalue weighted by Crippen LogP contribution is -2.13. The molecule has 2 aromatic carbocycles. The number of rotatable bonds is 7. The van der Waals surface area contributed by atoms with E-state index in [9.17, 15) is 13.2 Å². The number of anilines is 1. The summed E-state index contributed by atoms with van der Waals surface area (Å²) in [6, 6.07) is 12.3. The molecule has 0 aliphatic rings. The van der Waals surface area contributed by atoms with Gasteiger partial charge in [0.2, 0.25) is 11.8 Å². The van der Waals surface area contributed by atoms with Crippen LogP contribution in [0.4, 0.5) is 5.69 Å². The monoisotopic (exact) mass is 413 g/mol. The summed E-state index contributed by atoms with van der Waals surface area (Å²) < 4.78 is 30.0. The number of aryl methyl sites for hydroxylation is 3. The molecule has 3 rings (SSSR count). The van der Waals surface area contributed by atoms with Gasteiger partial charge in [0.25, 0.3) is 0 Å². The first kappa shape index (κ1) is 20.7. The Hall–Kier alpha value is -3.00. The molecule has 1 amide bonds. The van der Waals surface area contributed by atoms with Gasteiger partial charge in [0.1, 0.15) is 5.75 Å². The summed E-state index contributed by atoms with van der Waals surface area (Å²) in [6.07, 6.45) is 0.383. The Bertz CT molecular complexity index is 1120. The molecule has 3 aromatic rings. The van der Waals surface area contributed by atoms with Crippen LogP contribution in [0.25, 0.3) is 0 Å². The molecular weight excluding hydrogens is 390 g/mol. The molecule has 0 bridgehead atoms. The fourth-order valence-corrected chi connectivity index (χ4v) is 3.94. The predicted octanol–water partition coefficient (Wildman–Crippen LogP) is 3.54. The summed E-state index contributed by atoms with van der Waals surface area (Å²) in [5.74, 6) is -0.217. The highest BCUT2D eigenvalue weighted by atomic mass is 32.2. The zero-order valence-electron chi connectivity index (χ0n) is 16.6. The first-order valence-corrected chi connectivity index (χ1v) is 10.9. The van der Waals surface area contributed by atoms with Gasteiger partial charge in [-0.15, -0.1) is 0 Å². The average Bonchev–Trinajstić information content (AvgIpc) is 3.11. The van der Waals surface area contributed by atoms with E-state index in [1.54, 1.807) is 24.3 Å². The molecule has 8 heteroatoms. The average molecular weight is 413 g/mol. The Morgan fingerprint density at radius 3 is 2.52 bits per heavy atom. The third-order valence-corrected chi connectivity index (χ3v) is 6.28. The van der Waals surface area contributed by atoms with Crippen molar-refractivity contribution >= 4 is 21.4 Å². The number of amides is 1. The molecule has 0 atom stereocenters. The van der Waals surface area contributed by atoms with Crippen molar-refractivity contribution in [1.82, 2.24) is 10.1 Å². The molecule has 0 aliphatic carbocycles. The van der Waals surface area contributed by atoms with Crippen LogP contribution in [0, 0.1) is 20.8 Å². The van der Waals surface area contributed by atoms with Gasteiger partial charge < -0.3 is 9.84 Å². The number of sulfone groups is 1. The summed E-state index contributed by atoms with van der Waals surface area (Å²) in [5, 5.41) is 6.60. The standard InChI is InChI=1S/C21H23N3O4S/c1-14-7-9-17(10-8-14)29(26,27)13-19-23-21(28-24-19)12-11-20(25)22-18-6-4-5-15(2)16(18)3/h4-10H,11-13H2,1-3H3,(H,22,25). The van der Waals surface area contributed by atoms with Crippen LogP contribution in [0.5, 0.6) is 0 Å². The summed E-state index contributed by atoms with van der Waals surface area (Å²) in [7, 11) is -3.56. The van der Waals surface area contributed by atoms with Gasteiger partial charge in [0.15, 0.2) is 15.7 Å². The highest BCUT2D eigenvalue weighted by Gasteiger charge is 2.19. The lowest BCUT2D eigenvalue weighted by Gasteiger charge is -2.09. The molecule has 152 valence electrons. The van der Waals surface area contributed by atoms with Crippen molar-refractivity contribution in [2.75, 3.05) is 5.32 Å². The van der Waals surface area contributed by atoms with Crippen LogP contribution >= 0.6 is 0 Å². The van der Waals surface area contributed by atoms with Crippen molar-refractivity contribution in [3.63, 3.8) is 0 Å². The van der Waals surface area contributed by atoms with Gasteiger partial charge in [-0.3, -0.25) is 4.79 Å². The maximum Gasteiger partial charge on any atom is 0.227 e. The maximum absolute atomic E-state index is 12.5. The Labute approximate surface area is 170 Å². The highest BCUT2D eigenvalue weighted by Crippen LogP contribution is 2.19. The summed E-state index contributed by atoms with van der Waals surface area (Å²) in [5.41, 5.74) is 3.86. The van der Waals surface area contributed by atoms with E-state index in [-0.39, 0.29) is 41.1 Å². The minimum atomic E-state index is -3.56. The van der Waals surface area contributed by atoms with Crippen molar-refractivity contribution in [2.24, 2.45) is 0 Å². The maximum atomic E-state index is 12.5. The van der Waals surface area contributed by atoms with Crippen molar-refractivity contribution in [3.8, 4) is 0 Å². The minimum Gasteiger partial charge on any atom is -0.339 e. The quantitative estimate of drug-likeness (QED) is 0.636. The van der Waals surface area contributed by atoms with Crippen LogP contribution in [0.3, 0.4) is 0 Å². The van der Waals surface area contributed by atoms with Gasteiger partial charge in [0.05, 0.1) is 4.90 Å². The van der Waals surface area contributed by atoms with Gasteiger partial charge >= 0.3 is 0 Å². The lowest BCUT2D eigenvalue weighted by atomic mass is 10.1. The lowest BCUT2D eigenvalue weighted by molar-refractivity contribution is -0.116. The first-order chi connectivity index (χ1) is 13.7. The van der Waals surface area contributed by atoms with E-state index in [0.29, 0.717) is 0 Å². The Kier molecular flexibility index (Phi) is 6.12. The Morgan fingerprint density at radius 2 is 1.79 bits per heavy atom. The SMILES string of the molecule is Cc1ccc(S(=O)(=O)Cc2noc(CCC(=O)Nc3cccc(C)c3C)n2)cc1. The van der Waals surface area contributed by atoms with E-state index in [1.165, 1.54) is 0 Å². The number of aromatic nitrogens is 2. The smallest absolute Gasteiger partial charge is 0.227 e. The van der Waals surface area contributed by atoms with E-state index in [2.05, 4.69) is 15.5 Å². The highest BCUT2D eigenvalue weighted by molar-refractivity contribution is 7.90. The van der Waals surface area contributed by atoms with E-state index < -0.39 is 9.84 Å². The summed E-state index contributed by atoms with van der Waals surface area (Å²) in [4.78, 5) is 16.5. The van der Waals surface area contributed by atoms with Gasteiger partial charge in [0, 0.05) is 18.5 Å². The zero-order valence-corrected chi connectivity index (χ0v) is 17.4. The molecule has 1 N–H and O–H groups in total. The molecule has 0 radical (unpaired) electrons. The van der Waals surface area contributed by atoms with E-state index in [0.717, 1.165) is 22.4 Å². The number of nitrogens with one attached hydrogen (secondary N) is 1. The topological polar surface area (TPSA) is 102 Å². The van der Waals surface area contributed by atoms with Gasteiger partial charge in [-0.25, -0.2) is 8.42 Å². The van der Waals surface area contributed by atoms with Crippen molar-refractivity contribution in [3.05, 3.63) is 70.9 Å². The molecule has 0 unspecified atom stereocenters. The van der Waals surface area contributed by atoms with Gasteiger partial charge in [-0.2, -0.15) is 4.98 Å². The second kappa shape index (κ2) is 8.57.